The summed E-state index contributed by atoms with van der Waals surface area (Å²) in [6, 6.07) is 57.1. The number of benzene rings is 6. The first-order chi connectivity index (χ1) is 25.2. The second-order valence-electron chi connectivity index (χ2n) is 13.6. The van der Waals surface area contributed by atoms with Gasteiger partial charge in [0.1, 0.15) is 0 Å². The molecule has 1 aliphatic carbocycles. The third-order valence-electron chi connectivity index (χ3n) is 10.5. The summed E-state index contributed by atoms with van der Waals surface area (Å²) in [6.07, 6.45) is 6.70. The van der Waals surface area contributed by atoms with Gasteiger partial charge in [-0.05, 0) is 85.5 Å². The molecular weight excluding hydrogens is 619 g/mol. The van der Waals surface area contributed by atoms with Crippen LogP contribution in [0.15, 0.2) is 164 Å². The first-order valence-corrected chi connectivity index (χ1v) is 17.8. The molecule has 0 fully saturated rings. The first kappa shape index (κ1) is 29.5. The molecule has 0 spiro atoms. The molecule has 10 rings (SSSR count). The highest BCUT2D eigenvalue weighted by Gasteiger charge is 2.19. The third kappa shape index (κ3) is 4.93. The second kappa shape index (κ2) is 11.9. The number of rotatable bonds is 5. The lowest BCUT2D eigenvalue weighted by molar-refractivity contribution is 0.888. The fourth-order valence-electron chi connectivity index (χ4n) is 7.97. The molecule has 3 heteroatoms. The Morgan fingerprint density at radius 3 is 1.55 bits per heavy atom. The van der Waals surface area contributed by atoms with Crippen molar-refractivity contribution in [2.24, 2.45) is 0 Å². The quantitative estimate of drug-likeness (QED) is 0.181. The lowest BCUT2D eigenvalue weighted by Gasteiger charge is -2.15. The standard InChI is InChI=1S/C48H35N3/c1-32-18-20-33(21-19-32)36-30-43(34-22-26-37(27-23-34)50-45-14-6-2-10-39(45)40-11-3-7-15-46(40)50)49-44(31-36)35-24-28-38(29-25-35)51-47-16-8-4-12-41(47)42-13-5-9-17-48(42)51/h2-8,10-16,18-31H,9,17H2,1H3. The van der Waals surface area contributed by atoms with Gasteiger partial charge in [0.2, 0.25) is 0 Å². The van der Waals surface area contributed by atoms with Crippen LogP contribution in [0.25, 0.3) is 83.8 Å². The molecule has 1 aliphatic rings. The molecule has 0 radical (unpaired) electrons. The van der Waals surface area contributed by atoms with E-state index in [0.717, 1.165) is 46.6 Å². The minimum atomic E-state index is 0.957. The molecule has 242 valence electrons. The Bertz CT molecular complexity index is 2720. The predicted octanol–water partition coefficient (Wildman–Crippen LogP) is 12.4. The maximum atomic E-state index is 5.30. The molecule has 0 saturated heterocycles. The predicted molar refractivity (Wildman–Crippen MR) is 214 cm³/mol. The summed E-state index contributed by atoms with van der Waals surface area (Å²) in [5.74, 6) is 0. The number of hydrogen-bond acceptors (Lipinski definition) is 1. The van der Waals surface area contributed by atoms with Crippen molar-refractivity contribution in [1.29, 1.82) is 0 Å². The summed E-state index contributed by atoms with van der Waals surface area (Å²) >= 11 is 0. The van der Waals surface area contributed by atoms with Crippen molar-refractivity contribution in [2.75, 3.05) is 0 Å². The number of hydrogen-bond donors (Lipinski definition) is 0. The van der Waals surface area contributed by atoms with Gasteiger partial charge in [0.05, 0.1) is 27.9 Å². The topological polar surface area (TPSA) is 22.8 Å². The Balaban J connectivity index is 1.07. The van der Waals surface area contributed by atoms with Crippen molar-refractivity contribution in [2.45, 2.75) is 19.8 Å². The normalized spacial score (nSPS) is 12.6. The van der Waals surface area contributed by atoms with E-state index in [4.69, 9.17) is 4.98 Å². The lowest BCUT2D eigenvalue weighted by Crippen LogP contribution is -2.03. The van der Waals surface area contributed by atoms with E-state index in [9.17, 15) is 0 Å². The molecule has 0 aliphatic heterocycles. The van der Waals surface area contributed by atoms with Crippen molar-refractivity contribution in [1.82, 2.24) is 14.1 Å². The van der Waals surface area contributed by atoms with E-state index in [-0.39, 0.29) is 0 Å². The van der Waals surface area contributed by atoms with Crippen molar-refractivity contribution in [3.8, 4) is 45.0 Å². The van der Waals surface area contributed by atoms with E-state index in [1.165, 1.54) is 60.8 Å². The SMILES string of the molecule is Cc1ccc(-c2cc(-c3ccc(-n4c5c(c6ccccc64)C=CCC5)cc3)nc(-c3ccc(-n4c5ccccc5c5ccccc54)cc3)c2)cc1. The molecule has 0 unspecified atom stereocenters. The maximum absolute atomic E-state index is 5.30. The zero-order chi connectivity index (χ0) is 33.9. The number of aryl methyl sites for hydroxylation is 1. The number of allylic oxidation sites excluding steroid dienone is 1. The average molecular weight is 654 g/mol. The fraction of sp³-hybridized carbons (Fsp3) is 0.0625. The highest BCUT2D eigenvalue weighted by atomic mass is 15.0. The maximum Gasteiger partial charge on any atom is 0.0715 e. The van der Waals surface area contributed by atoms with Crippen LogP contribution in [0.4, 0.5) is 0 Å². The van der Waals surface area contributed by atoms with Gasteiger partial charge in [0, 0.05) is 49.9 Å². The van der Waals surface area contributed by atoms with Crippen molar-refractivity contribution in [3.05, 3.63) is 181 Å². The molecule has 0 atom stereocenters. The zero-order valence-corrected chi connectivity index (χ0v) is 28.4. The van der Waals surface area contributed by atoms with Gasteiger partial charge < -0.3 is 9.13 Å². The smallest absolute Gasteiger partial charge is 0.0715 e. The highest BCUT2D eigenvalue weighted by molar-refractivity contribution is 6.09. The zero-order valence-electron chi connectivity index (χ0n) is 28.4. The Labute approximate surface area is 297 Å². The summed E-state index contributed by atoms with van der Waals surface area (Å²) < 4.78 is 4.80. The van der Waals surface area contributed by atoms with Crippen LogP contribution in [0.5, 0.6) is 0 Å². The molecule has 0 N–H and O–H groups in total. The molecule has 0 amide bonds. The molecule has 9 aromatic rings. The van der Waals surface area contributed by atoms with Crippen molar-refractivity contribution < 1.29 is 0 Å². The summed E-state index contributed by atoms with van der Waals surface area (Å²) in [5, 5.41) is 3.85. The molecule has 6 aromatic carbocycles. The van der Waals surface area contributed by atoms with Crippen LogP contribution >= 0.6 is 0 Å². The van der Waals surface area contributed by atoms with Crippen LogP contribution < -0.4 is 0 Å². The van der Waals surface area contributed by atoms with Gasteiger partial charge in [-0.3, -0.25) is 0 Å². The van der Waals surface area contributed by atoms with Gasteiger partial charge in [-0.1, -0.05) is 121 Å². The van der Waals surface area contributed by atoms with Crippen LogP contribution in [0.1, 0.15) is 23.2 Å². The summed E-state index contributed by atoms with van der Waals surface area (Å²) in [5.41, 5.74) is 16.4. The molecule has 3 nitrogen and oxygen atoms in total. The Hall–Kier alpha value is -6.45. The van der Waals surface area contributed by atoms with Gasteiger partial charge in [-0.15, -0.1) is 0 Å². The minimum Gasteiger partial charge on any atom is -0.313 e. The van der Waals surface area contributed by atoms with Crippen LogP contribution in [0.2, 0.25) is 0 Å². The summed E-state index contributed by atoms with van der Waals surface area (Å²) in [7, 11) is 0. The van der Waals surface area contributed by atoms with Gasteiger partial charge >= 0.3 is 0 Å². The number of fused-ring (bicyclic) bond motifs is 6. The Kier molecular flexibility index (Phi) is 6.85. The number of para-hydroxylation sites is 3. The second-order valence-corrected chi connectivity index (χ2v) is 13.6. The van der Waals surface area contributed by atoms with Crippen LogP contribution in [-0.4, -0.2) is 14.1 Å². The third-order valence-corrected chi connectivity index (χ3v) is 10.5. The van der Waals surface area contributed by atoms with E-state index in [1.807, 2.05) is 0 Å². The summed E-state index contributed by atoms with van der Waals surface area (Å²) in [6.45, 7) is 2.13. The van der Waals surface area contributed by atoms with Crippen LogP contribution in [0, 0.1) is 6.92 Å². The van der Waals surface area contributed by atoms with Crippen molar-refractivity contribution >= 4 is 38.8 Å². The minimum absolute atomic E-state index is 0.957. The van der Waals surface area contributed by atoms with Crippen LogP contribution in [0.3, 0.4) is 0 Å². The van der Waals surface area contributed by atoms with E-state index in [0.29, 0.717) is 0 Å². The Morgan fingerprint density at radius 1 is 0.471 bits per heavy atom. The monoisotopic (exact) mass is 653 g/mol. The number of nitrogens with zero attached hydrogens (tertiary/aromatic N) is 3. The van der Waals surface area contributed by atoms with E-state index >= 15 is 0 Å². The number of pyridine rings is 1. The average Bonchev–Trinajstić information content (AvgIpc) is 3.71. The summed E-state index contributed by atoms with van der Waals surface area (Å²) in [4.78, 5) is 5.30. The van der Waals surface area contributed by atoms with Crippen LogP contribution in [-0.2, 0) is 6.42 Å². The molecule has 3 aromatic heterocycles. The van der Waals surface area contributed by atoms with Gasteiger partial charge in [-0.2, -0.15) is 0 Å². The lowest BCUT2D eigenvalue weighted by atomic mass is 9.99. The van der Waals surface area contributed by atoms with E-state index < -0.39 is 0 Å². The molecule has 0 bridgehead atoms. The molecule has 0 saturated carbocycles. The van der Waals surface area contributed by atoms with Gasteiger partial charge in [-0.25, -0.2) is 4.98 Å². The first-order valence-electron chi connectivity index (χ1n) is 17.8. The van der Waals surface area contributed by atoms with E-state index in [1.54, 1.807) is 0 Å². The molecule has 3 heterocycles. The number of aromatic nitrogens is 3. The van der Waals surface area contributed by atoms with E-state index in [2.05, 4.69) is 186 Å². The molecule has 51 heavy (non-hydrogen) atoms. The fourth-order valence-corrected chi connectivity index (χ4v) is 7.97. The van der Waals surface area contributed by atoms with Gasteiger partial charge in [0.25, 0.3) is 0 Å². The highest BCUT2D eigenvalue weighted by Crippen LogP contribution is 2.37. The van der Waals surface area contributed by atoms with Crippen molar-refractivity contribution in [3.63, 3.8) is 0 Å². The largest absolute Gasteiger partial charge is 0.313 e. The molecular formula is C48H35N3. The van der Waals surface area contributed by atoms with Gasteiger partial charge in [0.15, 0.2) is 0 Å². The Morgan fingerprint density at radius 2 is 0.961 bits per heavy atom.